The minimum Gasteiger partial charge on any atom is -0.381 e. The molecule has 3 saturated heterocycles. The molecule has 5 aliphatic rings. The maximum Gasteiger partial charge on any atom is 0.267 e. The number of benzene rings is 1. The molecule has 1 aromatic heterocycles. The minimum atomic E-state index is -3.01. The van der Waals surface area contributed by atoms with Gasteiger partial charge in [0, 0.05) is 49.8 Å². The van der Waals surface area contributed by atoms with Crippen LogP contribution in [0.15, 0.2) is 35.3 Å². The average molecular weight is 553 g/mol. The number of nitrogens with zero attached hydrogens (tertiary/aromatic N) is 2. The number of amides is 1. The second kappa shape index (κ2) is 9.02. The minimum absolute atomic E-state index is 0.0491. The van der Waals surface area contributed by atoms with Crippen LogP contribution in [0.2, 0.25) is 0 Å². The second-order valence-corrected chi connectivity index (χ2v) is 11.5. The Hall–Kier alpha value is -2.99. The number of hydrogen-bond donors (Lipinski definition) is 2. The number of halogens is 5. The molecule has 0 unspecified atom stereocenters. The Labute approximate surface area is 221 Å². The van der Waals surface area contributed by atoms with Crippen molar-refractivity contribution in [3.05, 3.63) is 63.3 Å². The molecule has 3 aliphatic heterocycles. The van der Waals surface area contributed by atoms with Gasteiger partial charge in [-0.15, -0.1) is 0 Å². The van der Waals surface area contributed by atoms with Crippen LogP contribution in [0.4, 0.5) is 27.6 Å². The molecule has 12 heteroatoms. The lowest BCUT2D eigenvalue weighted by atomic mass is 9.68. The zero-order valence-electron chi connectivity index (χ0n) is 21.4. The SMILES string of the molecule is C[C@@H](NC(=O)c1cn(C23COC(C(F)F)(C2)C3)c(=O)cc1N[C@@H]1[C@@H]2CN(C)C[C@@H]21)c1cccc(C(F)F)c1F. The maximum absolute atomic E-state index is 14.8. The van der Waals surface area contributed by atoms with Crippen LogP contribution in [-0.2, 0) is 10.3 Å². The molecule has 39 heavy (non-hydrogen) atoms. The van der Waals surface area contributed by atoms with E-state index in [0.29, 0.717) is 17.5 Å². The summed E-state index contributed by atoms with van der Waals surface area (Å²) in [6.07, 6.45) is -4.45. The number of hydrogen-bond acceptors (Lipinski definition) is 5. The highest BCUT2D eigenvalue weighted by molar-refractivity contribution is 5.99. The van der Waals surface area contributed by atoms with Gasteiger partial charge in [-0.3, -0.25) is 9.59 Å². The first-order valence-corrected chi connectivity index (χ1v) is 13.0. The van der Waals surface area contributed by atoms with Crippen molar-refractivity contribution in [3.8, 4) is 0 Å². The molecule has 5 fully saturated rings. The fraction of sp³-hybridized carbons (Fsp3) is 0.556. The number of anilines is 1. The number of aromatic nitrogens is 1. The first-order valence-electron chi connectivity index (χ1n) is 13.0. The fourth-order valence-corrected chi connectivity index (χ4v) is 6.76. The van der Waals surface area contributed by atoms with Gasteiger partial charge in [0.1, 0.15) is 11.4 Å². The molecule has 2 aromatic rings. The van der Waals surface area contributed by atoms with Gasteiger partial charge in [0.25, 0.3) is 24.3 Å². The molecule has 2 saturated carbocycles. The van der Waals surface area contributed by atoms with Gasteiger partial charge in [-0.1, -0.05) is 18.2 Å². The molecule has 7 nitrogen and oxygen atoms in total. The van der Waals surface area contributed by atoms with Gasteiger partial charge in [-0.25, -0.2) is 22.0 Å². The Morgan fingerprint density at radius 3 is 2.41 bits per heavy atom. The van der Waals surface area contributed by atoms with E-state index in [4.69, 9.17) is 4.74 Å². The lowest BCUT2D eigenvalue weighted by Crippen LogP contribution is -2.57. The third kappa shape index (κ3) is 4.14. The van der Waals surface area contributed by atoms with E-state index in [1.165, 1.54) is 35.9 Å². The molecule has 0 radical (unpaired) electrons. The number of carbonyl (C=O) groups excluding carboxylic acids is 1. The number of piperidine rings is 1. The van der Waals surface area contributed by atoms with E-state index in [1.54, 1.807) is 0 Å². The lowest BCUT2D eigenvalue weighted by molar-refractivity contribution is -0.127. The molecule has 210 valence electrons. The quantitative estimate of drug-likeness (QED) is 0.486. The molecule has 4 atom stereocenters. The average Bonchev–Trinajstić information content (AvgIpc) is 3.23. The first kappa shape index (κ1) is 26.2. The van der Waals surface area contributed by atoms with Crippen LogP contribution in [-0.4, -0.2) is 60.2 Å². The van der Waals surface area contributed by atoms with Gasteiger partial charge in [0.2, 0.25) is 0 Å². The molecular weight excluding hydrogens is 523 g/mol. The van der Waals surface area contributed by atoms with Crippen molar-refractivity contribution in [2.24, 2.45) is 11.8 Å². The monoisotopic (exact) mass is 552 g/mol. The number of ether oxygens (including phenoxy) is 1. The van der Waals surface area contributed by atoms with Crippen molar-refractivity contribution in [3.63, 3.8) is 0 Å². The van der Waals surface area contributed by atoms with Crippen molar-refractivity contribution in [1.82, 2.24) is 14.8 Å². The van der Waals surface area contributed by atoms with E-state index in [9.17, 15) is 31.5 Å². The van der Waals surface area contributed by atoms with Crippen LogP contribution in [0.1, 0.15) is 53.7 Å². The molecule has 2 N–H and O–H groups in total. The second-order valence-electron chi connectivity index (χ2n) is 11.5. The van der Waals surface area contributed by atoms with Gasteiger partial charge < -0.3 is 24.8 Å². The Balaban J connectivity index is 1.31. The van der Waals surface area contributed by atoms with Crippen molar-refractivity contribution in [1.29, 1.82) is 0 Å². The molecule has 7 rings (SSSR count). The highest BCUT2D eigenvalue weighted by atomic mass is 19.3. The highest BCUT2D eigenvalue weighted by Crippen LogP contribution is 2.58. The smallest absolute Gasteiger partial charge is 0.267 e. The standard InChI is InChI=1S/C27H29F5N4O3/c1-13(14-4-3-5-15(21(14)28)23(29)30)33-24(38)18-9-36(26-10-27(11-26,25(31)32)39-12-26)20(37)6-19(18)34-22-16-7-35(2)8-17(16)22/h3-6,9,13,16-17,22-23,25,34H,7-8,10-12H2,1-2H3,(H,33,38)/t13-,16-,17+,22-,26?,27?/m1/s1. The number of carbonyl (C=O) groups is 1. The molecule has 1 aromatic carbocycles. The molecule has 0 spiro atoms. The summed E-state index contributed by atoms with van der Waals surface area (Å²) in [5.41, 5.74) is -3.51. The van der Waals surface area contributed by atoms with Gasteiger partial charge in [-0.05, 0) is 25.8 Å². The number of nitrogens with one attached hydrogen (secondary N) is 2. The Morgan fingerprint density at radius 2 is 1.79 bits per heavy atom. The number of fused-ring (bicyclic) bond motifs is 2. The third-order valence-electron chi connectivity index (χ3n) is 8.90. The largest absolute Gasteiger partial charge is 0.381 e. The van der Waals surface area contributed by atoms with Crippen LogP contribution < -0.4 is 16.2 Å². The van der Waals surface area contributed by atoms with Crippen molar-refractivity contribution in [2.45, 2.75) is 55.8 Å². The van der Waals surface area contributed by atoms with E-state index < -0.39 is 52.9 Å². The molecule has 4 heterocycles. The van der Waals surface area contributed by atoms with Crippen LogP contribution in [0.3, 0.4) is 0 Å². The number of likely N-dealkylation sites (tertiary alicyclic amines) is 1. The molecule has 2 bridgehead atoms. The van der Waals surface area contributed by atoms with Gasteiger partial charge in [0.05, 0.1) is 35.0 Å². The summed E-state index contributed by atoms with van der Waals surface area (Å²) in [5, 5.41) is 5.98. The van der Waals surface area contributed by atoms with E-state index in [2.05, 4.69) is 15.5 Å². The van der Waals surface area contributed by atoms with Crippen molar-refractivity contribution in [2.75, 3.05) is 32.1 Å². The maximum atomic E-state index is 14.8. The molecule has 2 aliphatic carbocycles. The summed E-state index contributed by atoms with van der Waals surface area (Å²) in [4.78, 5) is 29.0. The summed E-state index contributed by atoms with van der Waals surface area (Å²) >= 11 is 0. The topological polar surface area (TPSA) is 75.6 Å². The van der Waals surface area contributed by atoms with Crippen LogP contribution >= 0.6 is 0 Å². The summed E-state index contributed by atoms with van der Waals surface area (Å²) in [7, 11) is 2.02. The molecular formula is C27H29F5N4O3. The summed E-state index contributed by atoms with van der Waals surface area (Å²) in [5.74, 6) is -1.01. The van der Waals surface area contributed by atoms with E-state index >= 15 is 0 Å². The van der Waals surface area contributed by atoms with Gasteiger partial charge in [0.15, 0.2) is 0 Å². The highest BCUT2D eigenvalue weighted by Gasteiger charge is 2.68. The summed E-state index contributed by atoms with van der Waals surface area (Å²) < 4.78 is 75.0. The van der Waals surface area contributed by atoms with Crippen LogP contribution in [0.25, 0.3) is 0 Å². The fourth-order valence-electron chi connectivity index (χ4n) is 6.76. The lowest BCUT2D eigenvalue weighted by Gasteiger charge is -2.44. The zero-order chi connectivity index (χ0) is 27.9. The first-order chi connectivity index (χ1) is 18.4. The Morgan fingerprint density at radius 1 is 1.13 bits per heavy atom. The predicted molar refractivity (Wildman–Crippen MR) is 132 cm³/mol. The van der Waals surface area contributed by atoms with Crippen LogP contribution in [0.5, 0.6) is 0 Å². The normalized spacial score (nSPS) is 31.8. The van der Waals surface area contributed by atoms with Gasteiger partial charge in [-0.2, -0.15) is 0 Å². The van der Waals surface area contributed by atoms with Crippen molar-refractivity contribution >= 4 is 11.6 Å². The molecule has 1 amide bonds. The predicted octanol–water partition coefficient (Wildman–Crippen LogP) is 3.91. The van der Waals surface area contributed by atoms with Gasteiger partial charge >= 0.3 is 0 Å². The number of pyridine rings is 1. The number of rotatable bonds is 8. The van der Waals surface area contributed by atoms with Crippen LogP contribution in [0, 0.1) is 17.7 Å². The summed E-state index contributed by atoms with van der Waals surface area (Å²) in [6.45, 7) is 3.16. The van der Waals surface area contributed by atoms with E-state index in [0.717, 1.165) is 19.2 Å². The summed E-state index contributed by atoms with van der Waals surface area (Å²) in [6, 6.07) is 4.00. The Bertz CT molecular complexity index is 1360. The van der Waals surface area contributed by atoms with E-state index in [1.807, 2.05) is 7.05 Å². The van der Waals surface area contributed by atoms with Crippen molar-refractivity contribution < 1.29 is 31.5 Å². The number of alkyl halides is 4. The van der Waals surface area contributed by atoms with E-state index in [-0.39, 0.29) is 36.6 Å². The third-order valence-corrected chi connectivity index (χ3v) is 8.90. The zero-order valence-corrected chi connectivity index (χ0v) is 21.4. The Kier molecular flexibility index (Phi) is 6.07.